The van der Waals surface area contributed by atoms with Crippen LogP contribution in [0.3, 0.4) is 0 Å². The molecule has 1 fully saturated rings. The molecule has 3 heterocycles. The molecule has 2 amide bonds. The molecule has 1 unspecified atom stereocenters. The summed E-state index contributed by atoms with van der Waals surface area (Å²) in [6, 6.07) is 18.8. The molecular formula is C31H28ClFN4O3. The average Bonchev–Trinajstić information content (AvgIpc) is 3.51. The van der Waals surface area contributed by atoms with Crippen molar-refractivity contribution in [2.75, 3.05) is 0 Å². The predicted molar refractivity (Wildman–Crippen MR) is 149 cm³/mol. The minimum Gasteiger partial charge on any atom is -0.489 e. The monoisotopic (exact) mass is 558 g/mol. The molecule has 2 aliphatic rings. The molecule has 2 aliphatic heterocycles. The van der Waals surface area contributed by atoms with Crippen LogP contribution in [0.2, 0.25) is 5.02 Å². The van der Waals surface area contributed by atoms with Crippen molar-refractivity contribution in [3.8, 4) is 17.1 Å². The van der Waals surface area contributed by atoms with Crippen molar-refractivity contribution in [2.24, 2.45) is 7.05 Å². The number of halogens is 2. The van der Waals surface area contributed by atoms with E-state index in [-0.39, 0.29) is 30.2 Å². The van der Waals surface area contributed by atoms with Crippen molar-refractivity contribution >= 4 is 23.4 Å². The van der Waals surface area contributed by atoms with Crippen molar-refractivity contribution in [1.29, 1.82) is 0 Å². The Hall–Kier alpha value is -4.01. The lowest BCUT2D eigenvalue weighted by atomic mass is 9.95. The number of piperidine rings is 1. The Morgan fingerprint density at radius 1 is 1.07 bits per heavy atom. The van der Waals surface area contributed by atoms with Gasteiger partial charge < -0.3 is 9.30 Å². The topological polar surface area (TPSA) is 76.5 Å². The Morgan fingerprint density at radius 2 is 1.88 bits per heavy atom. The van der Waals surface area contributed by atoms with Crippen molar-refractivity contribution < 1.29 is 18.7 Å². The van der Waals surface area contributed by atoms with Crippen molar-refractivity contribution in [3.63, 3.8) is 0 Å². The fourth-order valence-corrected chi connectivity index (χ4v) is 5.70. The molecule has 0 saturated carbocycles. The van der Waals surface area contributed by atoms with Crippen molar-refractivity contribution in [3.05, 3.63) is 106 Å². The Morgan fingerprint density at radius 3 is 2.65 bits per heavy atom. The fraction of sp³-hybridized carbons (Fsp3) is 0.258. The number of amides is 2. The number of aromatic nitrogens is 2. The second-order valence-electron chi connectivity index (χ2n) is 10.3. The zero-order chi connectivity index (χ0) is 27.8. The van der Waals surface area contributed by atoms with Crippen LogP contribution in [0.4, 0.5) is 4.39 Å². The molecule has 9 heteroatoms. The molecule has 0 spiro atoms. The molecule has 40 heavy (non-hydrogen) atoms. The van der Waals surface area contributed by atoms with E-state index in [1.54, 1.807) is 18.3 Å². The summed E-state index contributed by atoms with van der Waals surface area (Å²) in [6.45, 7) is 2.52. The maximum atomic E-state index is 14.0. The molecule has 3 aromatic carbocycles. The summed E-state index contributed by atoms with van der Waals surface area (Å²) in [6.07, 6.45) is 2.58. The summed E-state index contributed by atoms with van der Waals surface area (Å²) in [5.41, 5.74) is 5.85. The number of imidazole rings is 1. The molecule has 1 saturated heterocycles. The summed E-state index contributed by atoms with van der Waals surface area (Å²) in [4.78, 5) is 30.9. The third-order valence-electron chi connectivity index (χ3n) is 7.65. The van der Waals surface area contributed by atoms with Crippen LogP contribution in [0.5, 0.6) is 5.75 Å². The highest BCUT2D eigenvalue weighted by atomic mass is 35.5. The summed E-state index contributed by atoms with van der Waals surface area (Å²) in [7, 11) is 1.92. The Kier molecular flexibility index (Phi) is 7.12. The second kappa shape index (κ2) is 10.9. The average molecular weight is 559 g/mol. The lowest BCUT2D eigenvalue weighted by Gasteiger charge is -2.21. The first-order chi connectivity index (χ1) is 19.4. The van der Waals surface area contributed by atoms with Gasteiger partial charge in [-0.25, -0.2) is 9.37 Å². The maximum absolute atomic E-state index is 14.0. The number of benzene rings is 3. The molecule has 1 aromatic heterocycles. The van der Waals surface area contributed by atoms with E-state index in [1.807, 2.05) is 35.9 Å². The van der Waals surface area contributed by atoms with Gasteiger partial charge >= 0.3 is 0 Å². The highest BCUT2D eigenvalue weighted by molar-refractivity contribution is 6.31. The number of carbonyl (C=O) groups is 2. The number of fused-ring (bicyclic) bond motifs is 1. The molecule has 4 aromatic rings. The fourth-order valence-electron chi connectivity index (χ4n) is 5.48. The van der Waals surface area contributed by atoms with Crippen LogP contribution in [0.15, 0.2) is 66.9 Å². The van der Waals surface area contributed by atoms with Crippen molar-refractivity contribution in [2.45, 2.75) is 45.0 Å². The predicted octanol–water partition coefficient (Wildman–Crippen LogP) is 5.49. The first-order valence-corrected chi connectivity index (χ1v) is 13.6. The highest BCUT2D eigenvalue weighted by Gasteiger charge is 2.31. The zero-order valence-corrected chi connectivity index (χ0v) is 22.7. The first kappa shape index (κ1) is 26.2. The lowest BCUT2D eigenvalue weighted by molar-refractivity contribution is -0.134. The minimum atomic E-state index is -0.376. The normalized spacial score (nSPS) is 17.1. The molecule has 0 radical (unpaired) electrons. The van der Waals surface area contributed by atoms with E-state index in [2.05, 4.69) is 33.4 Å². The summed E-state index contributed by atoms with van der Waals surface area (Å²) >= 11 is 6.09. The van der Waals surface area contributed by atoms with Gasteiger partial charge in [0.05, 0.1) is 10.9 Å². The van der Waals surface area contributed by atoms with Crippen LogP contribution in [0, 0.1) is 5.82 Å². The smallest absolute Gasteiger partial charge is 0.235 e. The van der Waals surface area contributed by atoms with E-state index in [1.165, 1.54) is 17.2 Å². The van der Waals surface area contributed by atoms with Crippen LogP contribution >= 0.6 is 11.6 Å². The van der Waals surface area contributed by atoms with Gasteiger partial charge in [-0.1, -0.05) is 41.9 Å². The number of rotatable bonds is 7. The Labute approximate surface area is 236 Å². The first-order valence-electron chi connectivity index (χ1n) is 13.2. The molecule has 1 N–H and O–H groups in total. The van der Waals surface area contributed by atoms with Crippen LogP contribution in [0.1, 0.15) is 46.7 Å². The van der Waals surface area contributed by atoms with Gasteiger partial charge in [0, 0.05) is 56.1 Å². The summed E-state index contributed by atoms with van der Waals surface area (Å²) in [5, 5.41) is 2.79. The van der Waals surface area contributed by atoms with Crippen LogP contribution < -0.4 is 10.1 Å². The quantitative estimate of drug-likeness (QED) is 0.303. The highest BCUT2D eigenvalue weighted by Crippen LogP contribution is 2.32. The summed E-state index contributed by atoms with van der Waals surface area (Å²) in [5.74, 6) is 0.226. The number of nitrogens with zero attached hydrogens (tertiary/aromatic N) is 3. The largest absolute Gasteiger partial charge is 0.489 e. The molecule has 6 rings (SSSR count). The lowest BCUT2D eigenvalue weighted by Crippen LogP contribution is -2.40. The van der Waals surface area contributed by atoms with Gasteiger partial charge in [-0.15, -0.1) is 0 Å². The van der Waals surface area contributed by atoms with Gasteiger partial charge in [0.1, 0.15) is 24.0 Å². The van der Waals surface area contributed by atoms with Gasteiger partial charge in [0.15, 0.2) is 0 Å². The van der Waals surface area contributed by atoms with E-state index in [9.17, 15) is 14.0 Å². The number of imide groups is 1. The number of ether oxygens (including phenoxy) is 1. The van der Waals surface area contributed by atoms with Gasteiger partial charge in [0.2, 0.25) is 11.8 Å². The van der Waals surface area contributed by atoms with Gasteiger partial charge in [-0.2, -0.15) is 0 Å². The third-order valence-corrected chi connectivity index (χ3v) is 8.00. The van der Waals surface area contributed by atoms with Gasteiger partial charge in [-0.3, -0.25) is 19.8 Å². The number of nitrogens with one attached hydrogen (secondary N) is 1. The van der Waals surface area contributed by atoms with E-state index in [0.717, 1.165) is 42.3 Å². The standard InChI is InChI=1S/C31H28ClFN4O3/c1-36-28(24-11-12-29(38)35-31(24)39)14-34-30(36)20-7-8-21-16-37(17-22(21)13-20)15-19-5-9-23(10-6-19)40-18-25-26(32)3-2-4-27(25)33/h2-10,13-14,24H,11-12,15-18H2,1H3,(H,35,38,39). The zero-order valence-electron chi connectivity index (χ0n) is 22.0. The maximum Gasteiger partial charge on any atom is 0.235 e. The van der Waals surface area contributed by atoms with Crippen molar-refractivity contribution in [1.82, 2.24) is 19.8 Å². The van der Waals surface area contributed by atoms with E-state index >= 15 is 0 Å². The van der Waals surface area contributed by atoms with E-state index < -0.39 is 0 Å². The van der Waals surface area contributed by atoms with Crippen LogP contribution in [0.25, 0.3) is 11.4 Å². The molecule has 1 atom stereocenters. The number of carbonyl (C=O) groups excluding carboxylic acids is 2. The Balaban J connectivity index is 1.09. The van der Waals surface area contributed by atoms with Crippen LogP contribution in [-0.4, -0.2) is 26.3 Å². The van der Waals surface area contributed by atoms with Crippen LogP contribution in [-0.2, 0) is 42.9 Å². The molecule has 204 valence electrons. The molecule has 0 bridgehead atoms. The SMILES string of the molecule is Cn1c(C2CCC(=O)NC2=O)cnc1-c1ccc2c(c1)CN(Cc1ccc(OCc3c(F)cccc3Cl)cc1)C2. The summed E-state index contributed by atoms with van der Waals surface area (Å²) < 4.78 is 21.7. The molecular weight excluding hydrogens is 531 g/mol. The second-order valence-corrected chi connectivity index (χ2v) is 10.7. The Bertz CT molecular complexity index is 1580. The van der Waals surface area contributed by atoms with E-state index in [4.69, 9.17) is 16.3 Å². The molecule has 7 nitrogen and oxygen atoms in total. The number of hydrogen-bond acceptors (Lipinski definition) is 5. The van der Waals surface area contributed by atoms with Gasteiger partial charge in [-0.05, 0) is 53.4 Å². The third kappa shape index (κ3) is 5.24. The van der Waals surface area contributed by atoms with E-state index in [0.29, 0.717) is 29.2 Å². The molecule has 0 aliphatic carbocycles. The number of hydrogen-bond donors (Lipinski definition) is 1. The van der Waals surface area contributed by atoms with Gasteiger partial charge in [0.25, 0.3) is 0 Å². The minimum absolute atomic E-state index is 0.0691.